The monoisotopic (exact) mass is 499 g/mol. The third kappa shape index (κ3) is 6.36. The van der Waals surface area contributed by atoms with Crippen LogP contribution >= 0.6 is 0 Å². The van der Waals surface area contributed by atoms with Crippen LogP contribution in [-0.4, -0.2) is 40.4 Å². The third-order valence-electron chi connectivity index (χ3n) is 5.03. The van der Waals surface area contributed by atoms with Gasteiger partial charge < -0.3 is 15.4 Å². The van der Waals surface area contributed by atoms with Crippen LogP contribution in [0, 0.1) is 5.82 Å². The Hall–Kier alpha value is -3.92. The molecule has 3 aromatic rings. The van der Waals surface area contributed by atoms with E-state index in [9.17, 15) is 22.4 Å². The van der Waals surface area contributed by atoms with Crippen LogP contribution < -0.4 is 19.7 Å². The summed E-state index contributed by atoms with van der Waals surface area (Å²) in [6.07, 6.45) is 0.746. The van der Waals surface area contributed by atoms with Crippen molar-refractivity contribution < 1.29 is 27.1 Å². The van der Waals surface area contributed by atoms with Crippen LogP contribution in [0.5, 0.6) is 5.75 Å². The van der Waals surface area contributed by atoms with E-state index in [2.05, 4.69) is 10.6 Å². The van der Waals surface area contributed by atoms with Gasteiger partial charge in [0.15, 0.2) is 0 Å². The zero-order valence-electron chi connectivity index (χ0n) is 19.3. The molecule has 184 valence electrons. The van der Waals surface area contributed by atoms with Crippen molar-refractivity contribution in [3.8, 4) is 5.75 Å². The molecule has 0 aliphatic heterocycles. The van der Waals surface area contributed by atoms with Crippen molar-refractivity contribution in [1.29, 1.82) is 0 Å². The largest absolute Gasteiger partial charge is 0.497 e. The lowest BCUT2D eigenvalue weighted by Crippen LogP contribution is -2.38. The number of nitrogens with one attached hydrogen (secondary N) is 2. The quantitative estimate of drug-likeness (QED) is 0.442. The first-order chi connectivity index (χ1) is 16.8. The van der Waals surface area contributed by atoms with Crippen LogP contribution in [0.25, 0.3) is 0 Å². The molecule has 2 amide bonds. The molecule has 0 aliphatic carbocycles. The van der Waals surface area contributed by atoms with E-state index in [-0.39, 0.29) is 27.7 Å². The number of hydrogen-bond donors (Lipinski definition) is 2. The molecule has 0 atom stereocenters. The predicted molar refractivity (Wildman–Crippen MR) is 132 cm³/mol. The molecule has 3 rings (SSSR count). The average Bonchev–Trinajstić information content (AvgIpc) is 2.86. The lowest BCUT2D eigenvalue weighted by atomic mass is 10.1. The van der Waals surface area contributed by atoms with Crippen molar-refractivity contribution in [2.24, 2.45) is 0 Å². The molecular formula is C25H26FN3O5S. The Bertz CT molecular complexity index is 1280. The van der Waals surface area contributed by atoms with Crippen molar-refractivity contribution in [1.82, 2.24) is 5.32 Å². The summed E-state index contributed by atoms with van der Waals surface area (Å²) in [5, 5.41) is 5.37. The molecule has 0 saturated heterocycles. The summed E-state index contributed by atoms with van der Waals surface area (Å²) in [7, 11) is -2.75. The van der Waals surface area contributed by atoms with Crippen LogP contribution in [0.2, 0.25) is 0 Å². The Balaban J connectivity index is 1.91. The highest BCUT2D eigenvalue weighted by Gasteiger charge is 2.28. The molecule has 8 nitrogen and oxygen atoms in total. The van der Waals surface area contributed by atoms with Gasteiger partial charge >= 0.3 is 0 Å². The lowest BCUT2D eigenvalue weighted by molar-refractivity contribution is -0.114. The number of nitrogens with zero attached hydrogens (tertiary/aromatic N) is 1. The summed E-state index contributed by atoms with van der Waals surface area (Å²) in [6, 6.07) is 16.9. The smallest absolute Gasteiger partial charge is 0.264 e. The van der Waals surface area contributed by atoms with Crippen LogP contribution in [0.15, 0.2) is 77.7 Å². The Morgan fingerprint density at radius 1 is 0.971 bits per heavy atom. The van der Waals surface area contributed by atoms with Gasteiger partial charge in [0.2, 0.25) is 5.91 Å². The number of halogens is 1. The SMILES string of the molecule is CCCNC(=O)c1ccccc1NC(=O)CN(c1ccc(F)cc1)S(=O)(=O)c1ccc(OC)cc1. The van der Waals surface area contributed by atoms with E-state index in [4.69, 9.17) is 4.74 Å². The summed E-state index contributed by atoms with van der Waals surface area (Å²) in [4.78, 5) is 25.4. The molecule has 0 aliphatic rings. The number of methoxy groups -OCH3 is 1. The van der Waals surface area contributed by atoms with Gasteiger partial charge in [-0.15, -0.1) is 0 Å². The Morgan fingerprint density at radius 3 is 2.26 bits per heavy atom. The molecule has 0 aromatic heterocycles. The molecule has 0 unspecified atom stereocenters. The second kappa shape index (κ2) is 11.5. The van der Waals surface area contributed by atoms with E-state index < -0.39 is 28.3 Å². The number of benzene rings is 3. The maximum Gasteiger partial charge on any atom is 0.264 e. The van der Waals surface area contributed by atoms with Gasteiger partial charge in [-0.2, -0.15) is 0 Å². The maximum absolute atomic E-state index is 13.5. The molecule has 0 heterocycles. The summed E-state index contributed by atoms with van der Waals surface area (Å²) < 4.78 is 46.4. The molecule has 35 heavy (non-hydrogen) atoms. The number of para-hydroxylation sites is 1. The highest BCUT2D eigenvalue weighted by Crippen LogP contribution is 2.26. The number of rotatable bonds is 10. The van der Waals surface area contributed by atoms with Crippen molar-refractivity contribution in [2.45, 2.75) is 18.2 Å². The molecule has 0 saturated carbocycles. The topological polar surface area (TPSA) is 105 Å². The van der Waals surface area contributed by atoms with E-state index in [0.29, 0.717) is 12.3 Å². The van der Waals surface area contributed by atoms with Crippen molar-refractivity contribution in [2.75, 3.05) is 29.8 Å². The third-order valence-corrected chi connectivity index (χ3v) is 6.82. The summed E-state index contributed by atoms with van der Waals surface area (Å²) in [6.45, 7) is 1.78. The first-order valence-corrected chi connectivity index (χ1v) is 12.3. The zero-order chi connectivity index (χ0) is 25.4. The minimum atomic E-state index is -4.20. The number of anilines is 2. The number of hydrogen-bond acceptors (Lipinski definition) is 5. The molecule has 0 spiro atoms. The van der Waals surface area contributed by atoms with Crippen LogP contribution in [0.1, 0.15) is 23.7 Å². The molecule has 3 aromatic carbocycles. The lowest BCUT2D eigenvalue weighted by Gasteiger charge is -2.24. The van der Waals surface area contributed by atoms with Gasteiger partial charge in [0.25, 0.3) is 15.9 Å². The van der Waals surface area contributed by atoms with Crippen LogP contribution in [-0.2, 0) is 14.8 Å². The molecule has 0 radical (unpaired) electrons. The number of amides is 2. The number of ether oxygens (including phenoxy) is 1. The molecule has 0 bridgehead atoms. The predicted octanol–water partition coefficient (Wildman–Crippen LogP) is 3.81. The van der Waals surface area contributed by atoms with Gasteiger partial charge in [0, 0.05) is 6.54 Å². The molecule has 0 fully saturated rings. The zero-order valence-corrected chi connectivity index (χ0v) is 20.1. The van der Waals surface area contributed by atoms with E-state index in [0.717, 1.165) is 22.9 Å². The van der Waals surface area contributed by atoms with Gasteiger partial charge in [-0.05, 0) is 67.1 Å². The minimum Gasteiger partial charge on any atom is -0.497 e. The van der Waals surface area contributed by atoms with Crippen molar-refractivity contribution in [3.63, 3.8) is 0 Å². The Kier molecular flexibility index (Phi) is 8.43. The summed E-state index contributed by atoms with van der Waals surface area (Å²) >= 11 is 0. The van der Waals surface area contributed by atoms with Gasteiger partial charge in [0.1, 0.15) is 18.1 Å². The van der Waals surface area contributed by atoms with Crippen LogP contribution in [0.3, 0.4) is 0 Å². The highest BCUT2D eigenvalue weighted by molar-refractivity contribution is 7.92. The minimum absolute atomic E-state index is 0.0743. The number of sulfonamides is 1. The first-order valence-electron chi connectivity index (χ1n) is 10.9. The second-order valence-corrected chi connectivity index (χ2v) is 9.38. The van der Waals surface area contributed by atoms with Gasteiger partial charge in [-0.1, -0.05) is 19.1 Å². The van der Waals surface area contributed by atoms with E-state index >= 15 is 0 Å². The number of carbonyl (C=O) groups excluding carboxylic acids is 2. The van der Waals surface area contributed by atoms with E-state index in [1.165, 1.54) is 43.5 Å². The number of carbonyl (C=O) groups is 2. The van der Waals surface area contributed by atoms with Crippen molar-refractivity contribution >= 4 is 33.2 Å². The fourth-order valence-corrected chi connectivity index (χ4v) is 4.66. The maximum atomic E-state index is 13.5. The van der Waals surface area contributed by atoms with Gasteiger partial charge in [-0.3, -0.25) is 13.9 Å². The standard InChI is InChI=1S/C25H26FN3O5S/c1-3-16-27-25(31)22-6-4-5-7-23(22)28-24(30)17-29(19-10-8-18(26)9-11-19)35(32,33)21-14-12-20(34-2)13-15-21/h4-15H,3,16-17H2,1-2H3,(H,27,31)(H,28,30). The first kappa shape index (κ1) is 25.7. The fraction of sp³-hybridized carbons (Fsp3) is 0.200. The van der Waals surface area contributed by atoms with Crippen molar-refractivity contribution in [3.05, 3.63) is 84.2 Å². The highest BCUT2D eigenvalue weighted by atomic mass is 32.2. The normalized spacial score (nSPS) is 10.9. The summed E-state index contributed by atoms with van der Waals surface area (Å²) in [5.41, 5.74) is 0.596. The Morgan fingerprint density at radius 2 is 1.63 bits per heavy atom. The van der Waals surface area contributed by atoms with Gasteiger partial charge in [0.05, 0.1) is 28.9 Å². The molecular weight excluding hydrogens is 473 g/mol. The fourth-order valence-electron chi connectivity index (χ4n) is 3.24. The molecule has 2 N–H and O–H groups in total. The Labute approximate surface area is 203 Å². The van der Waals surface area contributed by atoms with E-state index in [1.54, 1.807) is 24.3 Å². The van der Waals surface area contributed by atoms with Gasteiger partial charge in [-0.25, -0.2) is 12.8 Å². The molecule has 10 heteroatoms. The van der Waals surface area contributed by atoms with Crippen LogP contribution in [0.4, 0.5) is 15.8 Å². The average molecular weight is 500 g/mol. The van der Waals surface area contributed by atoms with E-state index in [1.807, 2.05) is 6.92 Å². The summed E-state index contributed by atoms with van der Waals surface area (Å²) in [5.74, 6) is -1.12. The second-order valence-electron chi connectivity index (χ2n) is 7.51.